The Kier molecular flexibility index (Phi) is 12.7. The van der Waals surface area contributed by atoms with Crippen LogP contribution in [0.25, 0.3) is 0 Å². The Morgan fingerprint density at radius 1 is 0.818 bits per heavy atom. The van der Waals surface area contributed by atoms with Crippen molar-refractivity contribution in [3.8, 4) is 0 Å². The number of benzene rings is 1. The van der Waals surface area contributed by atoms with Crippen LogP contribution in [0, 0.1) is 46.3 Å². The molecule has 9 nitrogen and oxygen atoms in total. The molecule has 1 aliphatic heterocycles. The topological polar surface area (TPSA) is 122 Å². The predicted octanol–water partition coefficient (Wildman–Crippen LogP) is 6.10. The number of nitrogens with one attached hydrogen (secondary N) is 2. The highest BCUT2D eigenvalue weighted by Gasteiger charge is 2.61. The van der Waals surface area contributed by atoms with E-state index in [0.717, 1.165) is 50.5 Å². The molecule has 0 radical (unpaired) electrons. The van der Waals surface area contributed by atoms with Gasteiger partial charge in [-0.25, -0.2) is 0 Å². The lowest BCUT2D eigenvalue weighted by molar-refractivity contribution is -0.157. The van der Waals surface area contributed by atoms with E-state index in [4.69, 9.17) is 0 Å². The Hall–Kier alpha value is -2.49. The van der Waals surface area contributed by atoms with Crippen molar-refractivity contribution in [1.29, 1.82) is 0 Å². The maximum atomic E-state index is 14.4. The van der Waals surface area contributed by atoms with E-state index < -0.39 is 12.1 Å². The number of carbonyl (C=O) groups is 3. The predicted molar refractivity (Wildman–Crippen MR) is 216 cm³/mol. The van der Waals surface area contributed by atoms with Crippen molar-refractivity contribution >= 4 is 17.7 Å². The average Bonchev–Trinajstić information content (AvgIpc) is 3.48. The van der Waals surface area contributed by atoms with Crippen molar-refractivity contribution in [2.45, 2.75) is 161 Å². The molecule has 11 atom stereocenters. The van der Waals surface area contributed by atoms with Gasteiger partial charge in [-0.15, -0.1) is 0 Å². The normalized spacial score (nSPS) is 36.6. The average molecular weight is 761 g/mol. The second-order valence-corrected chi connectivity index (χ2v) is 19.9. The fraction of sp³-hybridized carbons (Fsp3) is 0.804. The molecule has 306 valence electrons. The fourth-order valence-corrected chi connectivity index (χ4v) is 13.0. The first-order chi connectivity index (χ1) is 26.4. The summed E-state index contributed by atoms with van der Waals surface area (Å²) in [4.78, 5) is 45.9. The van der Waals surface area contributed by atoms with Gasteiger partial charge in [0.2, 0.25) is 17.7 Å². The second-order valence-electron chi connectivity index (χ2n) is 19.9. The molecule has 55 heavy (non-hydrogen) atoms. The van der Waals surface area contributed by atoms with Crippen LogP contribution in [0.3, 0.4) is 0 Å². The van der Waals surface area contributed by atoms with Crippen LogP contribution in [0.15, 0.2) is 30.3 Å². The van der Waals surface area contributed by atoms with Crippen molar-refractivity contribution in [2.75, 3.05) is 26.2 Å². The number of nitrogens with zero attached hydrogens (tertiary/aromatic N) is 2. The van der Waals surface area contributed by atoms with Crippen molar-refractivity contribution in [2.24, 2.45) is 46.3 Å². The number of aliphatic hydroxyl groups excluding tert-OH is 2. The molecule has 1 aromatic rings. The van der Waals surface area contributed by atoms with Gasteiger partial charge >= 0.3 is 0 Å². The summed E-state index contributed by atoms with van der Waals surface area (Å²) >= 11 is 0. The highest BCUT2D eigenvalue weighted by Crippen LogP contribution is 2.66. The summed E-state index contributed by atoms with van der Waals surface area (Å²) in [7, 11) is 0. The third-order valence-electron chi connectivity index (χ3n) is 16.2. The van der Waals surface area contributed by atoms with Crippen molar-refractivity contribution in [3.05, 3.63) is 35.9 Å². The van der Waals surface area contributed by atoms with Crippen molar-refractivity contribution in [1.82, 2.24) is 20.4 Å². The van der Waals surface area contributed by atoms with E-state index in [2.05, 4.69) is 43.2 Å². The monoisotopic (exact) mass is 761 g/mol. The summed E-state index contributed by atoms with van der Waals surface area (Å²) in [6.07, 6.45) is 15.2. The zero-order valence-electron chi connectivity index (χ0n) is 34.4. The number of amides is 3. The van der Waals surface area contributed by atoms with E-state index in [9.17, 15) is 24.6 Å². The summed E-state index contributed by atoms with van der Waals surface area (Å²) in [5, 5.41) is 28.8. The Morgan fingerprint density at radius 3 is 2.24 bits per heavy atom. The first kappa shape index (κ1) is 40.7. The number of aliphatic hydroxyl groups is 2. The lowest BCUT2D eigenvalue weighted by Crippen LogP contribution is -2.63. The van der Waals surface area contributed by atoms with Crippen LogP contribution in [-0.2, 0) is 20.8 Å². The molecule has 0 spiro atoms. The van der Waals surface area contributed by atoms with Crippen LogP contribution in [0.1, 0.15) is 130 Å². The smallest absolute Gasteiger partial charge is 0.245 e. The standard InChI is InChI=1S/C46H72N4O5/c1-30(2)25-37(47-42(53)27-32-13-9-6-10-14-32)43(54)48-38(26-31-11-7-5-8-12-31)44(55)50-23-21-49(22-24-50)39-29-46(4)33(28-40(39)51)15-16-34-35-17-18-41(52)45(35,3)20-19-36(34)46/h5,7-8,11-12,30,32-41,51-52H,6,9-10,13-29H2,1-4H3,(H,47,53)(H,48,54)/t33-,34-,35-,36-,37-,38-,39-,40-,41-,45-,46-/m0/s1. The SMILES string of the molecule is CC(C)C[C@H](NC(=O)CC1CCCCC1)C(=O)N[C@@H](Cc1ccccc1)C(=O)N1CCN([C@H]2C[C@@]3(C)[C@@H](CC[C@@H]4[C@@H]3CC[C@]3(C)[C@@H](O)CC[C@@H]43)C[C@@H]2O)CC1. The van der Waals surface area contributed by atoms with Gasteiger partial charge in [-0.3, -0.25) is 19.3 Å². The van der Waals surface area contributed by atoms with E-state index in [1.165, 1.54) is 38.5 Å². The largest absolute Gasteiger partial charge is 0.393 e. The van der Waals surface area contributed by atoms with Gasteiger partial charge in [0, 0.05) is 45.1 Å². The summed E-state index contributed by atoms with van der Waals surface area (Å²) < 4.78 is 0. The first-order valence-corrected chi connectivity index (χ1v) is 22.4. The van der Waals surface area contributed by atoms with Gasteiger partial charge < -0.3 is 25.7 Å². The molecular weight excluding hydrogens is 689 g/mol. The molecule has 7 rings (SSSR count). The minimum atomic E-state index is -0.739. The lowest BCUT2D eigenvalue weighted by atomic mass is 9.44. The molecule has 1 aromatic carbocycles. The van der Waals surface area contributed by atoms with Crippen molar-refractivity contribution < 1.29 is 24.6 Å². The van der Waals surface area contributed by atoms with Gasteiger partial charge in [0.25, 0.3) is 0 Å². The molecule has 6 aliphatic rings. The van der Waals surface area contributed by atoms with Crippen LogP contribution in [-0.4, -0.2) is 94.2 Å². The first-order valence-electron chi connectivity index (χ1n) is 22.4. The third kappa shape index (κ3) is 8.69. The Morgan fingerprint density at radius 2 is 1.53 bits per heavy atom. The molecule has 5 aliphatic carbocycles. The molecule has 0 bridgehead atoms. The summed E-state index contributed by atoms with van der Waals surface area (Å²) in [6.45, 7) is 11.5. The van der Waals surface area contributed by atoms with E-state index in [1.54, 1.807) is 0 Å². The van der Waals surface area contributed by atoms with Gasteiger partial charge in [0.05, 0.1) is 12.2 Å². The maximum absolute atomic E-state index is 14.4. The maximum Gasteiger partial charge on any atom is 0.245 e. The molecule has 1 heterocycles. The summed E-state index contributed by atoms with van der Waals surface area (Å²) in [5.41, 5.74) is 1.23. The number of hydrogen-bond acceptors (Lipinski definition) is 6. The minimum Gasteiger partial charge on any atom is -0.393 e. The lowest BCUT2D eigenvalue weighted by Gasteiger charge is -2.62. The highest BCUT2D eigenvalue weighted by molar-refractivity contribution is 5.92. The van der Waals surface area contributed by atoms with Gasteiger partial charge in [0.15, 0.2) is 0 Å². The number of hydrogen-bond donors (Lipinski definition) is 4. The van der Waals surface area contributed by atoms with E-state index in [0.29, 0.717) is 75.0 Å². The van der Waals surface area contributed by atoms with E-state index in [-0.39, 0.29) is 52.7 Å². The molecule has 5 saturated carbocycles. The molecule has 0 aromatic heterocycles. The zero-order valence-corrected chi connectivity index (χ0v) is 34.4. The minimum absolute atomic E-state index is 0.0659. The quantitative estimate of drug-likeness (QED) is 0.216. The molecule has 9 heteroatoms. The number of rotatable bonds is 11. The molecule has 1 saturated heterocycles. The van der Waals surface area contributed by atoms with Crippen LogP contribution >= 0.6 is 0 Å². The number of carbonyl (C=O) groups excluding carboxylic acids is 3. The van der Waals surface area contributed by atoms with Gasteiger partial charge in [-0.1, -0.05) is 77.3 Å². The molecule has 0 unspecified atom stereocenters. The van der Waals surface area contributed by atoms with Crippen LogP contribution < -0.4 is 10.6 Å². The van der Waals surface area contributed by atoms with E-state index in [1.807, 2.05) is 35.2 Å². The number of piperazine rings is 1. The fourth-order valence-electron chi connectivity index (χ4n) is 13.0. The summed E-state index contributed by atoms with van der Waals surface area (Å²) in [6, 6.07) is 8.53. The van der Waals surface area contributed by atoms with Gasteiger partial charge in [-0.05, 0) is 123 Å². The van der Waals surface area contributed by atoms with Crippen LogP contribution in [0.2, 0.25) is 0 Å². The Balaban J connectivity index is 0.998. The molecular formula is C46H72N4O5. The van der Waals surface area contributed by atoms with Crippen molar-refractivity contribution in [3.63, 3.8) is 0 Å². The van der Waals surface area contributed by atoms with E-state index >= 15 is 0 Å². The third-order valence-corrected chi connectivity index (χ3v) is 16.2. The van der Waals surface area contributed by atoms with Gasteiger partial charge in [0.1, 0.15) is 12.1 Å². The van der Waals surface area contributed by atoms with Crippen LogP contribution in [0.4, 0.5) is 0 Å². The highest BCUT2D eigenvalue weighted by atomic mass is 16.3. The molecule has 4 N–H and O–H groups in total. The zero-order chi connectivity index (χ0) is 38.9. The van der Waals surface area contributed by atoms with Crippen LogP contribution in [0.5, 0.6) is 0 Å². The second kappa shape index (κ2) is 17.2. The molecule has 6 fully saturated rings. The number of fused-ring (bicyclic) bond motifs is 5. The Bertz CT molecular complexity index is 1480. The Labute approximate surface area is 331 Å². The molecule has 3 amide bonds. The summed E-state index contributed by atoms with van der Waals surface area (Å²) in [5.74, 6) is 2.62. The van der Waals surface area contributed by atoms with Gasteiger partial charge in [-0.2, -0.15) is 0 Å².